The quantitative estimate of drug-likeness (QED) is 0.155. The van der Waals surface area contributed by atoms with E-state index in [1.54, 1.807) is 0 Å². The van der Waals surface area contributed by atoms with Gasteiger partial charge < -0.3 is 13.9 Å². The average Bonchev–Trinajstić information content (AvgIpc) is 4.06. The van der Waals surface area contributed by atoms with Gasteiger partial charge in [-0.1, -0.05) is 158 Å². The second-order valence-electron chi connectivity index (χ2n) is 17.2. The molecule has 4 heteroatoms. The van der Waals surface area contributed by atoms with Gasteiger partial charge in [0.15, 0.2) is 0 Å². The monoisotopic (exact) mass is 858 g/mol. The molecule has 3 nitrogen and oxygen atoms in total. The zero-order chi connectivity index (χ0) is 43.3. The van der Waals surface area contributed by atoms with Gasteiger partial charge in [0.2, 0.25) is 0 Å². The molecule has 0 aliphatic carbocycles. The van der Waals surface area contributed by atoms with Gasteiger partial charge >= 0.3 is 0 Å². The molecule has 0 aliphatic heterocycles. The molecule has 0 unspecified atom stereocenters. The molecule has 0 saturated heterocycles. The number of para-hydroxylation sites is 4. The maximum absolute atomic E-state index is 6.95. The van der Waals surface area contributed by atoms with Gasteiger partial charge in [-0.3, -0.25) is 0 Å². The first-order valence-corrected chi connectivity index (χ1v) is 23.3. The molecule has 0 fully saturated rings. The summed E-state index contributed by atoms with van der Waals surface area (Å²) in [5.74, 6) is 0. The number of benzene rings is 11. The van der Waals surface area contributed by atoms with Crippen molar-refractivity contribution >= 4 is 114 Å². The first kappa shape index (κ1) is 37.0. The van der Waals surface area contributed by atoms with Crippen LogP contribution in [0.2, 0.25) is 0 Å². The van der Waals surface area contributed by atoms with E-state index in [0.717, 1.165) is 55.8 Å². The van der Waals surface area contributed by atoms with Gasteiger partial charge in [0, 0.05) is 69.6 Å². The van der Waals surface area contributed by atoms with Crippen molar-refractivity contribution in [1.82, 2.24) is 4.57 Å². The fourth-order valence-corrected chi connectivity index (χ4v) is 11.7. The third kappa shape index (κ3) is 5.62. The Morgan fingerprint density at radius 3 is 1.77 bits per heavy atom. The van der Waals surface area contributed by atoms with E-state index in [1.165, 1.54) is 74.6 Å². The van der Waals surface area contributed by atoms with Crippen LogP contribution in [0.1, 0.15) is 0 Å². The number of fused-ring (bicyclic) bond motifs is 12. The molecule has 14 aromatic rings. The second kappa shape index (κ2) is 14.5. The van der Waals surface area contributed by atoms with Gasteiger partial charge in [-0.2, -0.15) is 0 Å². The SMILES string of the molecule is c1ccc(-n2c3ccccc3c3ccccc32)c(-c2cc(N(c3ccc(-c4ccc5sc6ccccc6c5c4)cc3)c3cc4ccccc4c4ccccc34)cc3c2oc2ccccc23)c1. The molecule has 0 atom stereocenters. The summed E-state index contributed by atoms with van der Waals surface area (Å²) in [6.45, 7) is 0. The van der Waals surface area contributed by atoms with Crippen molar-refractivity contribution in [1.29, 1.82) is 0 Å². The number of thiophene rings is 1. The van der Waals surface area contributed by atoms with Gasteiger partial charge in [-0.15, -0.1) is 11.3 Å². The van der Waals surface area contributed by atoms with Gasteiger partial charge in [-0.05, 0) is 100 Å². The number of anilines is 3. The van der Waals surface area contributed by atoms with Crippen LogP contribution < -0.4 is 4.90 Å². The van der Waals surface area contributed by atoms with Gasteiger partial charge in [0.05, 0.1) is 22.4 Å². The van der Waals surface area contributed by atoms with Gasteiger partial charge in [0.25, 0.3) is 0 Å². The minimum Gasteiger partial charge on any atom is -0.455 e. The van der Waals surface area contributed by atoms with E-state index in [0.29, 0.717) is 0 Å². The lowest BCUT2D eigenvalue weighted by Gasteiger charge is -2.28. The molecular weight excluding hydrogens is 821 g/mol. The molecule has 0 N–H and O–H groups in total. The Morgan fingerprint density at radius 1 is 0.364 bits per heavy atom. The zero-order valence-electron chi connectivity index (χ0n) is 35.7. The first-order valence-electron chi connectivity index (χ1n) is 22.5. The number of nitrogens with zero attached hydrogens (tertiary/aromatic N) is 2. The van der Waals surface area contributed by atoms with E-state index < -0.39 is 0 Å². The Hall–Kier alpha value is -8.44. The molecule has 3 heterocycles. The topological polar surface area (TPSA) is 21.3 Å². The van der Waals surface area contributed by atoms with E-state index >= 15 is 0 Å². The number of aromatic nitrogens is 1. The third-order valence-corrected chi connectivity index (χ3v) is 14.7. The lowest BCUT2D eigenvalue weighted by atomic mass is 9.96. The molecule has 0 saturated carbocycles. The Kier molecular flexibility index (Phi) is 8.15. The number of hydrogen-bond acceptors (Lipinski definition) is 3. The largest absolute Gasteiger partial charge is 0.455 e. The normalized spacial score (nSPS) is 11.9. The van der Waals surface area contributed by atoms with E-state index in [4.69, 9.17) is 4.42 Å². The molecule has 0 spiro atoms. The summed E-state index contributed by atoms with van der Waals surface area (Å²) in [4.78, 5) is 2.46. The van der Waals surface area contributed by atoms with Crippen LogP contribution in [0.25, 0.3) is 113 Å². The molecule has 0 amide bonds. The van der Waals surface area contributed by atoms with Crippen LogP contribution in [0.15, 0.2) is 235 Å². The van der Waals surface area contributed by atoms with Crippen LogP contribution in [0, 0.1) is 0 Å². The minimum absolute atomic E-state index is 0.864. The first-order chi connectivity index (χ1) is 32.7. The van der Waals surface area contributed by atoms with Crippen LogP contribution in [0.3, 0.4) is 0 Å². The molecule has 14 rings (SSSR count). The summed E-state index contributed by atoms with van der Waals surface area (Å²) in [6.07, 6.45) is 0. The highest BCUT2D eigenvalue weighted by atomic mass is 32.1. The average molecular weight is 859 g/mol. The van der Waals surface area contributed by atoms with E-state index in [2.05, 4.69) is 240 Å². The lowest BCUT2D eigenvalue weighted by Crippen LogP contribution is -2.11. The molecule has 0 aliphatic rings. The van der Waals surface area contributed by atoms with Crippen molar-refractivity contribution < 1.29 is 4.42 Å². The summed E-state index contributed by atoms with van der Waals surface area (Å²) >= 11 is 1.86. The van der Waals surface area contributed by atoms with Crippen LogP contribution in [0.5, 0.6) is 0 Å². The summed E-state index contributed by atoms with van der Waals surface area (Å²) in [5.41, 5.74) is 12.9. The summed E-state index contributed by atoms with van der Waals surface area (Å²) in [7, 11) is 0. The van der Waals surface area contributed by atoms with Crippen molar-refractivity contribution in [3.8, 4) is 27.9 Å². The Labute approximate surface area is 384 Å². The van der Waals surface area contributed by atoms with Crippen LogP contribution >= 0.6 is 11.3 Å². The lowest BCUT2D eigenvalue weighted by molar-refractivity contribution is 0.670. The predicted molar refractivity (Wildman–Crippen MR) is 282 cm³/mol. The molecule has 308 valence electrons. The molecule has 0 radical (unpaired) electrons. The Balaban J connectivity index is 1.04. The maximum atomic E-state index is 6.95. The Morgan fingerprint density at radius 2 is 0.970 bits per heavy atom. The number of hydrogen-bond donors (Lipinski definition) is 0. The zero-order valence-corrected chi connectivity index (χ0v) is 36.5. The molecule has 0 bridgehead atoms. The number of rotatable bonds is 6. The summed E-state index contributed by atoms with van der Waals surface area (Å²) in [5, 5.41) is 12.0. The van der Waals surface area contributed by atoms with Crippen LogP contribution in [-0.4, -0.2) is 4.57 Å². The number of furan rings is 1. The molecule has 11 aromatic carbocycles. The van der Waals surface area contributed by atoms with Crippen molar-refractivity contribution in [2.75, 3.05) is 4.90 Å². The van der Waals surface area contributed by atoms with Gasteiger partial charge in [0.1, 0.15) is 11.2 Å². The fraction of sp³-hybridized carbons (Fsp3) is 0. The molecule has 3 aromatic heterocycles. The van der Waals surface area contributed by atoms with Crippen LogP contribution in [-0.2, 0) is 0 Å². The smallest absolute Gasteiger partial charge is 0.143 e. The molecule has 66 heavy (non-hydrogen) atoms. The predicted octanol–water partition coefficient (Wildman–Crippen LogP) is 18.2. The van der Waals surface area contributed by atoms with Crippen LogP contribution in [0.4, 0.5) is 17.1 Å². The second-order valence-corrected chi connectivity index (χ2v) is 18.3. The maximum Gasteiger partial charge on any atom is 0.143 e. The van der Waals surface area contributed by atoms with E-state index in [1.807, 2.05) is 11.3 Å². The van der Waals surface area contributed by atoms with Crippen molar-refractivity contribution in [3.05, 3.63) is 231 Å². The van der Waals surface area contributed by atoms with Crippen molar-refractivity contribution in [2.45, 2.75) is 0 Å². The highest BCUT2D eigenvalue weighted by Crippen LogP contribution is 2.48. The standard InChI is InChI=1S/C62H38N2OS/c1-2-16-44-41(15-1)36-58(46-18-4-3-17-45(44)46)63(42-32-29-39(30-33-42)40-31-34-61-52(35-40)51-23-9-14-28-60(51)66-61)43-37-53(62-54(38-43)50-22-8-13-27-59(50)65-62)49-21-7-12-26-57(49)64-55-24-10-5-19-47(55)48-20-6-11-25-56(48)64/h1-38H. The highest BCUT2D eigenvalue weighted by molar-refractivity contribution is 7.25. The highest BCUT2D eigenvalue weighted by Gasteiger charge is 2.24. The summed E-state index contributed by atoms with van der Waals surface area (Å²) in [6, 6.07) is 84.1. The third-order valence-electron chi connectivity index (χ3n) is 13.6. The van der Waals surface area contributed by atoms with Crippen molar-refractivity contribution in [2.24, 2.45) is 0 Å². The fourth-order valence-electron chi connectivity index (χ4n) is 10.6. The minimum atomic E-state index is 0.864. The van der Waals surface area contributed by atoms with Crippen molar-refractivity contribution in [3.63, 3.8) is 0 Å². The van der Waals surface area contributed by atoms with E-state index in [9.17, 15) is 0 Å². The summed E-state index contributed by atoms with van der Waals surface area (Å²) < 4.78 is 12.0. The van der Waals surface area contributed by atoms with Gasteiger partial charge in [-0.25, -0.2) is 0 Å². The Bertz CT molecular complexity index is 4190. The van der Waals surface area contributed by atoms with E-state index in [-0.39, 0.29) is 0 Å². The molecular formula is C62H38N2OS.